The second-order valence-corrected chi connectivity index (χ2v) is 9.48. The average Bonchev–Trinajstić information content (AvgIpc) is 2.86. The van der Waals surface area contributed by atoms with E-state index in [0.717, 1.165) is 5.56 Å². The summed E-state index contributed by atoms with van der Waals surface area (Å²) in [4.78, 5) is 0.127. The Morgan fingerprint density at radius 2 is 1.37 bits per heavy atom. The Labute approximate surface area is 205 Å². The highest BCUT2D eigenvalue weighted by molar-refractivity contribution is 7.90. The van der Waals surface area contributed by atoms with Crippen molar-refractivity contribution in [1.82, 2.24) is 0 Å². The van der Waals surface area contributed by atoms with E-state index in [1.54, 1.807) is 56.7 Å². The van der Waals surface area contributed by atoms with Crippen molar-refractivity contribution in [1.29, 1.82) is 0 Å². The first-order valence-corrected chi connectivity index (χ1v) is 12.2. The number of rotatable bonds is 10. The van der Waals surface area contributed by atoms with Crippen LogP contribution >= 0.6 is 0 Å². The van der Waals surface area contributed by atoms with Gasteiger partial charge >= 0.3 is 0 Å². The molecule has 9 heteroatoms. The highest BCUT2D eigenvalue weighted by atomic mass is 32.2. The molecule has 0 aliphatic heterocycles. The van der Waals surface area contributed by atoms with Crippen LogP contribution in [-0.2, 0) is 15.6 Å². The van der Waals surface area contributed by atoms with E-state index in [1.807, 2.05) is 6.08 Å². The quantitative estimate of drug-likeness (QED) is 0.322. The Balaban J connectivity index is 2.11. The van der Waals surface area contributed by atoms with Gasteiger partial charge in [-0.05, 0) is 47.5 Å². The molecule has 0 bridgehead atoms. The lowest BCUT2D eigenvalue weighted by Crippen LogP contribution is -2.09. The van der Waals surface area contributed by atoms with Crippen LogP contribution in [0.3, 0.4) is 0 Å². The van der Waals surface area contributed by atoms with Crippen LogP contribution in [0.1, 0.15) is 16.7 Å². The van der Waals surface area contributed by atoms with Gasteiger partial charge in [-0.3, -0.25) is 0 Å². The number of nitrogen functional groups attached to an aromatic ring is 1. The van der Waals surface area contributed by atoms with E-state index in [9.17, 15) is 8.42 Å². The van der Waals surface area contributed by atoms with E-state index >= 15 is 0 Å². The van der Waals surface area contributed by atoms with Crippen molar-refractivity contribution in [2.24, 2.45) is 0 Å². The van der Waals surface area contributed by atoms with Crippen molar-refractivity contribution < 1.29 is 32.1 Å². The predicted molar refractivity (Wildman–Crippen MR) is 136 cm³/mol. The van der Waals surface area contributed by atoms with Gasteiger partial charge in [-0.1, -0.05) is 24.3 Å². The zero-order chi connectivity index (χ0) is 25.6. The third-order valence-electron chi connectivity index (χ3n) is 5.38. The minimum Gasteiger partial charge on any atom is -0.493 e. The van der Waals surface area contributed by atoms with Gasteiger partial charge in [0.2, 0.25) is 5.75 Å². The summed E-state index contributed by atoms with van der Waals surface area (Å²) in [6.45, 7) is 0. The minimum absolute atomic E-state index is 0.127. The molecular weight excluding hydrogens is 470 g/mol. The number of anilines is 1. The van der Waals surface area contributed by atoms with E-state index in [1.165, 1.54) is 33.5 Å². The second kappa shape index (κ2) is 11.1. The summed E-state index contributed by atoms with van der Waals surface area (Å²) in [5, 5.41) is 0. The molecule has 3 rings (SSSR count). The lowest BCUT2D eigenvalue weighted by molar-refractivity contribution is 0.324. The molecule has 0 aliphatic rings. The van der Waals surface area contributed by atoms with Crippen LogP contribution in [0.15, 0.2) is 53.4 Å². The van der Waals surface area contributed by atoms with Crippen LogP contribution in [-0.4, -0.2) is 44.0 Å². The molecule has 3 aromatic carbocycles. The molecule has 0 spiro atoms. The third kappa shape index (κ3) is 5.63. The first kappa shape index (κ1) is 25.8. The van der Waals surface area contributed by atoms with Gasteiger partial charge in [0.25, 0.3) is 0 Å². The summed E-state index contributed by atoms with van der Waals surface area (Å²) in [6.07, 6.45) is 3.62. The summed E-state index contributed by atoms with van der Waals surface area (Å²) in [7, 11) is 3.85. The number of benzene rings is 3. The standard InChI is InChI=1S/C26H29NO7S/c1-30-22-12-11-18(10-9-17-13-23(31-2)26(34-5)24(14-17)32-3)21(25(22)33-4)16-35(28,29)20-8-6-7-19(27)15-20/h6-15H,16,27H2,1-5H3/b10-9-. The molecule has 0 saturated heterocycles. The van der Waals surface area contributed by atoms with Gasteiger partial charge in [0, 0.05) is 11.3 Å². The second-order valence-electron chi connectivity index (χ2n) is 7.49. The fourth-order valence-electron chi connectivity index (χ4n) is 3.68. The van der Waals surface area contributed by atoms with Crippen molar-refractivity contribution in [3.8, 4) is 28.7 Å². The predicted octanol–water partition coefficient (Wildman–Crippen LogP) is 4.46. The maximum atomic E-state index is 13.3. The molecule has 0 unspecified atom stereocenters. The highest BCUT2D eigenvalue weighted by Gasteiger charge is 2.23. The van der Waals surface area contributed by atoms with Crippen molar-refractivity contribution >= 4 is 27.7 Å². The Hall–Kier alpha value is -3.85. The number of methoxy groups -OCH3 is 5. The van der Waals surface area contributed by atoms with Crippen molar-refractivity contribution in [3.05, 3.63) is 65.2 Å². The van der Waals surface area contributed by atoms with Crippen LogP contribution in [0.2, 0.25) is 0 Å². The van der Waals surface area contributed by atoms with E-state index in [4.69, 9.17) is 29.4 Å². The van der Waals surface area contributed by atoms with Gasteiger partial charge in [-0.25, -0.2) is 8.42 Å². The van der Waals surface area contributed by atoms with Crippen LogP contribution in [0.25, 0.3) is 12.2 Å². The van der Waals surface area contributed by atoms with Gasteiger partial charge < -0.3 is 29.4 Å². The first-order chi connectivity index (χ1) is 16.8. The average molecular weight is 500 g/mol. The Morgan fingerprint density at radius 1 is 0.743 bits per heavy atom. The van der Waals surface area contributed by atoms with Crippen LogP contribution < -0.4 is 29.4 Å². The van der Waals surface area contributed by atoms with Crippen molar-refractivity contribution in [2.75, 3.05) is 41.3 Å². The fourth-order valence-corrected chi connectivity index (χ4v) is 5.12. The van der Waals surface area contributed by atoms with Crippen LogP contribution in [0, 0.1) is 0 Å². The summed E-state index contributed by atoms with van der Waals surface area (Å²) < 4.78 is 53.7. The van der Waals surface area contributed by atoms with Gasteiger partial charge in [-0.15, -0.1) is 0 Å². The Kier molecular flexibility index (Phi) is 8.14. The number of hydrogen-bond acceptors (Lipinski definition) is 8. The molecule has 0 atom stereocenters. The lowest BCUT2D eigenvalue weighted by Gasteiger charge is -2.16. The monoisotopic (exact) mass is 499 g/mol. The molecule has 0 aliphatic carbocycles. The lowest BCUT2D eigenvalue weighted by atomic mass is 10.0. The zero-order valence-electron chi connectivity index (χ0n) is 20.3. The van der Waals surface area contributed by atoms with Gasteiger partial charge in [-0.2, -0.15) is 0 Å². The first-order valence-electron chi connectivity index (χ1n) is 10.6. The van der Waals surface area contributed by atoms with Crippen molar-refractivity contribution in [2.45, 2.75) is 10.6 Å². The van der Waals surface area contributed by atoms with Crippen molar-refractivity contribution in [3.63, 3.8) is 0 Å². The molecule has 3 aromatic rings. The molecule has 0 saturated carbocycles. The zero-order valence-corrected chi connectivity index (χ0v) is 21.1. The molecule has 0 amide bonds. The maximum absolute atomic E-state index is 13.3. The molecule has 0 heterocycles. The number of hydrogen-bond donors (Lipinski definition) is 1. The third-order valence-corrected chi connectivity index (χ3v) is 7.02. The Bertz CT molecular complexity index is 1310. The largest absolute Gasteiger partial charge is 0.493 e. The molecule has 35 heavy (non-hydrogen) atoms. The number of nitrogens with two attached hydrogens (primary N) is 1. The summed E-state index contributed by atoms with van der Waals surface area (Å²) in [5.41, 5.74) is 8.04. The van der Waals surface area contributed by atoms with E-state index < -0.39 is 9.84 Å². The smallest absolute Gasteiger partial charge is 0.203 e. The van der Waals surface area contributed by atoms with Crippen LogP contribution in [0.4, 0.5) is 5.69 Å². The van der Waals surface area contributed by atoms with Gasteiger partial charge in [0.15, 0.2) is 32.8 Å². The minimum atomic E-state index is -3.74. The van der Waals surface area contributed by atoms with Gasteiger partial charge in [0.1, 0.15) is 0 Å². The number of sulfone groups is 1. The molecule has 0 radical (unpaired) electrons. The van der Waals surface area contributed by atoms with Gasteiger partial charge in [0.05, 0.1) is 46.2 Å². The highest BCUT2D eigenvalue weighted by Crippen LogP contribution is 2.40. The molecule has 0 fully saturated rings. The summed E-state index contributed by atoms with van der Waals surface area (Å²) in [5.74, 6) is 1.94. The topological polar surface area (TPSA) is 106 Å². The molecule has 186 valence electrons. The molecule has 8 nitrogen and oxygen atoms in total. The number of ether oxygens (including phenoxy) is 5. The molecular formula is C26H29NO7S. The molecule has 2 N–H and O–H groups in total. The van der Waals surface area contributed by atoms with E-state index in [-0.39, 0.29) is 10.6 Å². The Morgan fingerprint density at radius 3 is 1.91 bits per heavy atom. The molecule has 0 aromatic heterocycles. The summed E-state index contributed by atoms with van der Waals surface area (Å²) in [6, 6.07) is 13.3. The normalized spacial score (nSPS) is 11.3. The maximum Gasteiger partial charge on any atom is 0.203 e. The summed E-state index contributed by atoms with van der Waals surface area (Å²) >= 11 is 0. The fraction of sp³-hybridized carbons (Fsp3) is 0.231. The SMILES string of the molecule is COc1cc(/C=C\c2ccc(OC)c(OC)c2CS(=O)(=O)c2cccc(N)c2)cc(OC)c1OC. The van der Waals surface area contributed by atoms with E-state index in [2.05, 4.69) is 0 Å². The van der Waals surface area contributed by atoms with Crippen LogP contribution in [0.5, 0.6) is 28.7 Å². The van der Waals surface area contributed by atoms with E-state index in [0.29, 0.717) is 45.6 Å².